The summed E-state index contributed by atoms with van der Waals surface area (Å²) in [6.07, 6.45) is 5.46. The molecule has 3 aromatic heterocycles. The van der Waals surface area contributed by atoms with Crippen LogP contribution >= 0.6 is 0 Å². The number of rotatable bonds is 3. The van der Waals surface area contributed by atoms with Gasteiger partial charge in [-0.25, -0.2) is 9.97 Å². The highest BCUT2D eigenvalue weighted by atomic mass is 16.5. The molecule has 0 spiro atoms. The fourth-order valence-electron chi connectivity index (χ4n) is 3.46. The molecule has 0 atom stereocenters. The number of hydrogen-bond donors (Lipinski definition) is 0. The Labute approximate surface area is 156 Å². The minimum absolute atomic E-state index is 0.478. The van der Waals surface area contributed by atoms with Crippen molar-refractivity contribution in [3.63, 3.8) is 0 Å². The topological polar surface area (TPSA) is 44.9 Å². The molecule has 5 nitrogen and oxygen atoms in total. The standard InChI is InChI=1S/C22H18N4O/c1-25-10-9-15-7-8-17(12-20(15)25)27-22-14-23-18(13-24-22)21-11-16-5-3-4-6-19(16)26(21)2/h3-14H,1-2H3. The Morgan fingerprint density at radius 3 is 2.52 bits per heavy atom. The summed E-state index contributed by atoms with van der Waals surface area (Å²) in [7, 11) is 4.06. The van der Waals surface area contributed by atoms with Crippen molar-refractivity contribution in [2.75, 3.05) is 0 Å². The Bertz CT molecular complexity index is 1260. The number of para-hydroxylation sites is 1. The van der Waals surface area contributed by atoms with Crippen molar-refractivity contribution in [1.82, 2.24) is 19.1 Å². The van der Waals surface area contributed by atoms with E-state index in [2.05, 4.69) is 43.4 Å². The van der Waals surface area contributed by atoms with E-state index in [0.717, 1.165) is 22.7 Å². The number of aryl methyl sites for hydroxylation is 2. The van der Waals surface area contributed by atoms with Gasteiger partial charge in [0.1, 0.15) is 11.4 Å². The number of fused-ring (bicyclic) bond motifs is 2. The molecule has 5 rings (SSSR count). The van der Waals surface area contributed by atoms with Crippen LogP contribution in [0.25, 0.3) is 33.2 Å². The van der Waals surface area contributed by atoms with E-state index in [1.807, 2.05) is 50.6 Å². The third-order valence-electron chi connectivity index (χ3n) is 4.92. The van der Waals surface area contributed by atoms with Gasteiger partial charge in [0.15, 0.2) is 0 Å². The zero-order valence-corrected chi connectivity index (χ0v) is 15.1. The molecular formula is C22H18N4O. The Morgan fingerprint density at radius 2 is 1.70 bits per heavy atom. The summed E-state index contributed by atoms with van der Waals surface area (Å²) in [5.74, 6) is 1.22. The summed E-state index contributed by atoms with van der Waals surface area (Å²) in [5, 5.41) is 2.37. The molecule has 0 unspecified atom stereocenters. The Hall–Kier alpha value is -3.60. The van der Waals surface area contributed by atoms with Crippen LogP contribution in [0, 0.1) is 0 Å². The molecule has 0 radical (unpaired) electrons. The van der Waals surface area contributed by atoms with Crippen LogP contribution in [0.4, 0.5) is 0 Å². The maximum Gasteiger partial charge on any atom is 0.237 e. The first-order valence-corrected chi connectivity index (χ1v) is 8.79. The summed E-state index contributed by atoms with van der Waals surface area (Å²) in [4.78, 5) is 9.00. The van der Waals surface area contributed by atoms with E-state index < -0.39 is 0 Å². The van der Waals surface area contributed by atoms with E-state index in [1.54, 1.807) is 12.4 Å². The highest BCUT2D eigenvalue weighted by Crippen LogP contribution is 2.28. The van der Waals surface area contributed by atoms with Gasteiger partial charge in [0, 0.05) is 37.3 Å². The van der Waals surface area contributed by atoms with Crippen LogP contribution in [0.2, 0.25) is 0 Å². The van der Waals surface area contributed by atoms with Crippen LogP contribution in [0.15, 0.2) is 73.2 Å². The normalized spacial score (nSPS) is 11.3. The summed E-state index contributed by atoms with van der Waals surface area (Å²) in [6.45, 7) is 0. The number of hydrogen-bond acceptors (Lipinski definition) is 3. The second-order valence-corrected chi connectivity index (χ2v) is 6.64. The van der Waals surface area contributed by atoms with Gasteiger partial charge < -0.3 is 13.9 Å². The van der Waals surface area contributed by atoms with Crippen LogP contribution in [-0.2, 0) is 14.1 Å². The lowest BCUT2D eigenvalue weighted by atomic mass is 10.2. The zero-order chi connectivity index (χ0) is 18.4. The molecule has 0 fully saturated rings. The second-order valence-electron chi connectivity index (χ2n) is 6.64. The summed E-state index contributed by atoms with van der Waals surface area (Å²) in [6, 6.07) is 18.5. The summed E-state index contributed by atoms with van der Waals surface area (Å²) < 4.78 is 10.1. The molecule has 2 aromatic carbocycles. The molecular weight excluding hydrogens is 336 g/mol. The number of benzene rings is 2. The van der Waals surface area contributed by atoms with Crippen LogP contribution in [-0.4, -0.2) is 19.1 Å². The first kappa shape index (κ1) is 15.6. The minimum atomic E-state index is 0.478. The van der Waals surface area contributed by atoms with E-state index in [1.165, 1.54) is 16.3 Å². The minimum Gasteiger partial charge on any atom is -0.437 e. The fourth-order valence-corrected chi connectivity index (χ4v) is 3.46. The van der Waals surface area contributed by atoms with Crippen molar-refractivity contribution in [2.45, 2.75) is 0 Å². The summed E-state index contributed by atoms with van der Waals surface area (Å²) in [5.41, 5.74) is 4.14. The molecule has 27 heavy (non-hydrogen) atoms. The maximum atomic E-state index is 5.90. The fraction of sp³-hybridized carbons (Fsp3) is 0.0909. The van der Waals surface area contributed by atoms with Crippen LogP contribution in [0.3, 0.4) is 0 Å². The largest absolute Gasteiger partial charge is 0.437 e. The van der Waals surface area contributed by atoms with Crippen molar-refractivity contribution >= 4 is 21.8 Å². The molecule has 0 saturated carbocycles. The first-order valence-electron chi connectivity index (χ1n) is 8.79. The predicted molar refractivity (Wildman–Crippen MR) is 107 cm³/mol. The average Bonchev–Trinajstić information content (AvgIpc) is 3.23. The first-order chi connectivity index (χ1) is 13.2. The van der Waals surface area contributed by atoms with Gasteiger partial charge in [-0.2, -0.15) is 0 Å². The van der Waals surface area contributed by atoms with Gasteiger partial charge in [-0.3, -0.25) is 0 Å². The zero-order valence-electron chi connectivity index (χ0n) is 15.1. The van der Waals surface area contributed by atoms with Gasteiger partial charge in [0.05, 0.1) is 23.6 Å². The molecule has 5 aromatic rings. The molecule has 0 amide bonds. The lowest BCUT2D eigenvalue weighted by Gasteiger charge is -2.07. The van der Waals surface area contributed by atoms with E-state index in [0.29, 0.717) is 5.88 Å². The van der Waals surface area contributed by atoms with Gasteiger partial charge in [-0.05, 0) is 35.7 Å². The Balaban J connectivity index is 1.45. The second kappa shape index (κ2) is 5.99. The van der Waals surface area contributed by atoms with Gasteiger partial charge in [0.25, 0.3) is 0 Å². The number of ether oxygens (including phenoxy) is 1. The van der Waals surface area contributed by atoms with Crippen molar-refractivity contribution < 1.29 is 4.74 Å². The monoisotopic (exact) mass is 354 g/mol. The molecule has 0 N–H and O–H groups in total. The molecule has 132 valence electrons. The molecule has 0 aliphatic carbocycles. The lowest BCUT2D eigenvalue weighted by Crippen LogP contribution is -1.95. The predicted octanol–water partition coefficient (Wildman–Crippen LogP) is 4.92. The molecule has 0 aliphatic rings. The maximum absolute atomic E-state index is 5.90. The van der Waals surface area contributed by atoms with Crippen molar-refractivity contribution in [1.29, 1.82) is 0 Å². The van der Waals surface area contributed by atoms with Crippen LogP contribution < -0.4 is 4.74 Å². The van der Waals surface area contributed by atoms with Crippen molar-refractivity contribution in [2.24, 2.45) is 14.1 Å². The Kier molecular flexibility index (Phi) is 3.47. The van der Waals surface area contributed by atoms with Gasteiger partial charge in [-0.15, -0.1) is 0 Å². The highest BCUT2D eigenvalue weighted by molar-refractivity contribution is 5.86. The van der Waals surface area contributed by atoms with Crippen LogP contribution in [0.5, 0.6) is 11.6 Å². The number of nitrogens with zero attached hydrogens (tertiary/aromatic N) is 4. The van der Waals surface area contributed by atoms with Crippen molar-refractivity contribution in [3.05, 3.63) is 73.2 Å². The molecule has 0 aliphatic heterocycles. The van der Waals surface area contributed by atoms with E-state index in [9.17, 15) is 0 Å². The third kappa shape index (κ3) is 2.64. The molecule has 0 bridgehead atoms. The van der Waals surface area contributed by atoms with E-state index >= 15 is 0 Å². The molecule has 0 saturated heterocycles. The van der Waals surface area contributed by atoms with E-state index in [-0.39, 0.29) is 0 Å². The summed E-state index contributed by atoms with van der Waals surface area (Å²) >= 11 is 0. The van der Waals surface area contributed by atoms with Gasteiger partial charge in [0.2, 0.25) is 5.88 Å². The SMILES string of the molecule is Cn1ccc2ccc(Oc3cnc(-c4cc5ccccc5n4C)cn3)cc21. The number of aromatic nitrogens is 4. The lowest BCUT2D eigenvalue weighted by molar-refractivity contribution is 0.461. The van der Waals surface area contributed by atoms with Gasteiger partial charge in [-0.1, -0.05) is 18.2 Å². The quantitative estimate of drug-likeness (QED) is 0.462. The van der Waals surface area contributed by atoms with Gasteiger partial charge >= 0.3 is 0 Å². The molecule has 3 heterocycles. The van der Waals surface area contributed by atoms with E-state index in [4.69, 9.17) is 4.74 Å². The molecule has 5 heteroatoms. The van der Waals surface area contributed by atoms with Crippen LogP contribution in [0.1, 0.15) is 0 Å². The average molecular weight is 354 g/mol. The van der Waals surface area contributed by atoms with Crippen molar-refractivity contribution in [3.8, 4) is 23.0 Å². The smallest absolute Gasteiger partial charge is 0.237 e. The highest BCUT2D eigenvalue weighted by Gasteiger charge is 2.10. The Morgan fingerprint density at radius 1 is 0.815 bits per heavy atom. The third-order valence-corrected chi connectivity index (χ3v) is 4.92.